The Bertz CT molecular complexity index is 468. The number of nitrogens with zero attached hydrogens (tertiary/aromatic N) is 1. The zero-order chi connectivity index (χ0) is 13.1. The minimum atomic E-state index is -3.39. The van der Waals surface area contributed by atoms with Crippen molar-refractivity contribution >= 4 is 38.6 Å². The smallest absolute Gasteiger partial charge is 0.220 e. The highest BCUT2D eigenvalue weighted by atomic mass is 32.2. The second-order valence-corrected chi connectivity index (χ2v) is 7.46. The maximum Gasteiger partial charge on any atom is 0.220 e. The maximum absolute atomic E-state index is 11.9. The molecular weight excluding hydrogens is 276 g/mol. The fourth-order valence-electron chi connectivity index (χ4n) is 1.40. The molecule has 0 fully saturated rings. The van der Waals surface area contributed by atoms with Crippen LogP contribution in [0.2, 0.25) is 0 Å². The van der Waals surface area contributed by atoms with E-state index >= 15 is 0 Å². The van der Waals surface area contributed by atoms with Gasteiger partial charge in [0.2, 0.25) is 10.0 Å². The second kappa shape index (κ2) is 5.90. The Balaban J connectivity index is 2.69. The molecule has 1 atom stereocenters. The highest BCUT2D eigenvalue weighted by molar-refractivity contribution is 7.92. The number of nitrogens with two attached hydrogens (primary N) is 1. The molecule has 4 nitrogen and oxygen atoms in total. The molecule has 0 radical (unpaired) electrons. The number of hydrogen-bond donors (Lipinski definition) is 1. The van der Waals surface area contributed by atoms with Crippen LogP contribution in [0.15, 0.2) is 17.5 Å². The van der Waals surface area contributed by atoms with Gasteiger partial charge in [-0.1, -0.05) is 18.3 Å². The number of rotatable bonds is 6. The first-order valence-corrected chi connectivity index (χ1v) is 7.99. The van der Waals surface area contributed by atoms with Gasteiger partial charge in [-0.05, 0) is 24.8 Å². The third-order valence-electron chi connectivity index (χ3n) is 2.46. The molecule has 0 saturated carbocycles. The number of likely N-dealkylation sites (N-methyl/N-ethyl adjacent to an activating group) is 1. The first kappa shape index (κ1) is 14.6. The van der Waals surface area contributed by atoms with Crippen molar-refractivity contribution in [2.45, 2.75) is 19.4 Å². The topological polar surface area (TPSA) is 63.4 Å². The minimum absolute atomic E-state index is 0.000161. The van der Waals surface area contributed by atoms with Crippen molar-refractivity contribution in [2.75, 3.05) is 12.8 Å². The third-order valence-corrected chi connectivity index (χ3v) is 5.60. The SMILES string of the molecule is CC(Cc1cccs1)N(C)S(=O)(=O)CC(N)=S. The zero-order valence-electron chi connectivity index (χ0n) is 9.79. The molecule has 0 bridgehead atoms. The van der Waals surface area contributed by atoms with Gasteiger partial charge >= 0.3 is 0 Å². The summed E-state index contributed by atoms with van der Waals surface area (Å²) in [5, 5.41) is 1.98. The zero-order valence-corrected chi connectivity index (χ0v) is 12.2. The lowest BCUT2D eigenvalue weighted by molar-refractivity contribution is 0.390. The van der Waals surface area contributed by atoms with E-state index in [4.69, 9.17) is 5.73 Å². The quantitative estimate of drug-likeness (QED) is 0.801. The Morgan fingerprint density at radius 3 is 2.76 bits per heavy atom. The standard InChI is InChI=1S/C10H16N2O2S3/c1-8(6-9-4-3-5-16-9)12(2)17(13,14)7-10(11)15/h3-5,8H,6-7H2,1-2H3,(H2,11,15). The highest BCUT2D eigenvalue weighted by Gasteiger charge is 2.24. The van der Waals surface area contributed by atoms with Crippen LogP contribution in [0.3, 0.4) is 0 Å². The summed E-state index contributed by atoms with van der Waals surface area (Å²) in [6.07, 6.45) is 0.699. The van der Waals surface area contributed by atoms with Gasteiger partial charge in [-0.15, -0.1) is 11.3 Å². The minimum Gasteiger partial charge on any atom is -0.392 e. The molecule has 1 aromatic rings. The van der Waals surface area contributed by atoms with E-state index in [0.717, 1.165) is 4.88 Å². The molecule has 0 aliphatic rings. The number of hydrogen-bond acceptors (Lipinski definition) is 4. The lowest BCUT2D eigenvalue weighted by atomic mass is 10.2. The molecule has 96 valence electrons. The molecule has 1 aromatic heterocycles. The molecule has 0 aliphatic heterocycles. The van der Waals surface area contributed by atoms with Crippen molar-refractivity contribution in [3.05, 3.63) is 22.4 Å². The molecule has 2 N–H and O–H groups in total. The van der Waals surface area contributed by atoms with Crippen LogP contribution in [0.5, 0.6) is 0 Å². The van der Waals surface area contributed by atoms with Crippen molar-refractivity contribution in [2.24, 2.45) is 5.73 Å². The maximum atomic E-state index is 11.9. The van der Waals surface area contributed by atoms with E-state index < -0.39 is 10.0 Å². The fraction of sp³-hybridized carbons (Fsp3) is 0.500. The van der Waals surface area contributed by atoms with Crippen molar-refractivity contribution in [3.8, 4) is 0 Å². The summed E-state index contributed by atoms with van der Waals surface area (Å²) in [5.74, 6) is -0.270. The first-order chi connectivity index (χ1) is 7.83. The molecule has 0 aromatic carbocycles. The van der Waals surface area contributed by atoms with Crippen molar-refractivity contribution < 1.29 is 8.42 Å². The van der Waals surface area contributed by atoms with Crippen LogP contribution in [0.4, 0.5) is 0 Å². The predicted octanol–water partition coefficient (Wildman–Crippen LogP) is 1.23. The van der Waals surface area contributed by atoms with Crippen LogP contribution in [-0.4, -0.2) is 36.6 Å². The number of thiocarbonyl (C=S) groups is 1. The van der Waals surface area contributed by atoms with Gasteiger partial charge in [0.1, 0.15) is 5.75 Å². The summed E-state index contributed by atoms with van der Waals surface area (Å²) >= 11 is 6.26. The lowest BCUT2D eigenvalue weighted by Crippen LogP contribution is -2.40. The normalized spacial score (nSPS) is 13.8. The van der Waals surface area contributed by atoms with Crippen LogP contribution >= 0.6 is 23.6 Å². The summed E-state index contributed by atoms with van der Waals surface area (Å²) in [6, 6.07) is 3.85. The Labute approximate surface area is 111 Å². The molecule has 1 rings (SSSR count). The first-order valence-electron chi connectivity index (χ1n) is 5.09. The van der Waals surface area contributed by atoms with Gasteiger partial charge in [-0.2, -0.15) is 0 Å². The Morgan fingerprint density at radius 1 is 1.65 bits per heavy atom. The monoisotopic (exact) mass is 292 g/mol. The fourth-order valence-corrected chi connectivity index (χ4v) is 3.86. The highest BCUT2D eigenvalue weighted by Crippen LogP contribution is 2.15. The largest absolute Gasteiger partial charge is 0.392 e. The summed E-state index contributed by atoms with van der Waals surface area (Å²) in [4.78, 5) is 1.16. The third kappa shape index (κ3) is 4.34. The molecule has 0 amide bonds. The lowest BCUT2D eigenvalue weighted by Gasteiger charge is -2.23. The van der Waals surface area contributed by atoms with E-state index in [1.807, 2.05) is 24.4 Å². The van der Waals surface area contributed by atoms with E-state index in [-0.39, 0.29) is 16.8 Å². The molecule has 0 aliphatic carbocycles. The van der Waals surface area contributed by atoms with E-state index in [9.17, 15) is 8.42 Å². The molecule has 17 heavy (non-hydrogen) atoms. The van der Waals surface area contributed by atoms with E-state index in [0.29, 0.717) is 6.42 Å². The van der Waals surface area contributed by atoms with Crippen LogP contribution < -0.4 is 5.73 Å². The van der Waals surface area contributed by atoms with Gasteiger partial charge in [0.05, 0.1) is 4.99 Å². The number of thiophene rings is 1. The molecule has 0 saturated heterocycles. The van der Waals surface area contributed by atoms with Gasteiger partial charge in [0, 0.05) is 18.0 Å². The average Bonchev–Trinajstić information content (AvgIpc) is 2.67. The summed E-state index contributed by atoms with van der Waals surface area (Å²) < 4.78 is 25.1. The van der Waals surface area contributed by atoms with Crippen molar-refractivity contribution in [3.63, 3.8) is 0 Å². The van der Waals surface area contributed by atoms with Crippen LogP contribution in [-0.2, 0) is 16.4 Å². The molecule has 1 unspecified atom stereocenters. The van der Waals surface area contributed by atoms with Crippen LogP contribution in [0.1, 0.15) is 11.8 Å². The molecule has 0 spiro atoms. The second-order valence-electron chi connectivity index (χ2n) is 3.87. The van der Waals surface area contributed by atoms with Crippen molar-refractivity contribution in [1.29, 1.82) is 0 Å². The number of sulfonamides is 1. The Hall–Kier alpha value is -0.500. The van der Waals surface area contributed by atoms with Crippen molar-refractivity contribution in [1.82, 2.24) is 4.31 Å². The van der Waals surface area contributed by atoms with E-state index in [2.05, 4.69) is 12.2 Å². The van der Waals surface area contributed by atoms with E-state index in [1.54, 1.807) is 18.4 Å². The van der Waals surface area contributed by atoms with Gasteiger partial charge in [0.25, 0.3) is 0 Å². The van der Waals surface area contributed by atoms with Crippen LogP contribution in [0.25, 0.3) is 0 Å². The van der Waals surface area contributed by atoms with Gasteiger partial charge < -0.3 is 5.73 Å². The summed E-state index contributed by atoms with van der Waals surface area (Å²) in [6.45, 7) is 1.87. The predicted molar refractivity (Wildman–Crippen MR) is 75.8 cm³/mol. The Morgan fingerprint density at radius 2 is 2.29 bits per heavy atom. The average molecular weight is 292 g/mol. The van der Waals surface area contributed by atoms with E-state index in [1.165, 1.54) is 4.31 Å². The van der Waals surface area contributed by atoms with Gasteiger partial charge in [0.15, 0.2) is 0 Å². The summed E-state index contributed by atoms with van der Waals surface area (Å²) in [7, 11) is -1.83. The van der Waals surface area contributed by atoms with Gasteiger partial charge in [-0.3, -0.25) is 0 Å². The summed E-state index contributed by atoms with van der Waals surface area (Å²) in [5.41, 5.74) is 5.28. The molecule has 7 heteroatoms. The van der Waals surface area contributed by atoms with Crippen LogP contribution in [0, 0.1) is 0 Å². The van der Waals surface area contributed by atoms with Gasteiger partial charge in [-0.25, -0.2) is 12.7 Å². The Kier molecular flexibility index (Phi) is 5.05. The molecule has 1 heterocycles. The molecular formula is C10H16N2O2S3.